The van der Waals surface area contributed by atoms with E-state index in [0.717, 1.165) is 26.1 Å². The fraction of sp³-hybridized carbons (Fsp3) is 1.00. The van der Waals surface area contributed by atoms with Crippen LogP contribution < -0.4 is 5.32 Å². The van der Waals surface area contributed by atoms with Gasteiger partial charge in [0.1, 0.15) is 0 Å². The highest BCUT2D eigenvalue weighted by atomic mass is 16.5. The first-order chi connectivity index (χ1) is 8.74. The highest BCUT2D eigenvalue weighted by Crippen LogP contribution is 2.37. The van der Waals surface area contributed by atoms with Gasteiger partial charge < -0.3 is 20.1 Å². The Morgan fingerprint density at radius 1 is 1.44 bits per heavy atom. The third-order valence-corrected chi connectivity index (χ3v) is 5.09. The molecule has 4 heteroatoms. The van der Waals surface area contributed by atoms with Crippen LogP contribution in [0.2, 0.25) is 0 Å². The maximum Gasteiger partial charge on any atom is 0.0710 e. The van der Waals surface area contributed by atoms with Crippen LogP contribution in [0.5, 0.6) is 0 Å². The van der Waals surface area contributed by atoms with Crippen LogP contribution in [0.15, 0.2) is 0 Å². The third-order valence-electron chi connectivity index (χ3n) is 5.09. The number of hydrogen-bond donors (Lipinski definition) is 2. The molecule has 18 heavy (non-hydrogen) atoms. The van der Waals surface area contributed by atoms with Gasteiger partial charge >= 0.3 is 0 Å². The number of likely N-dealkylation sites (tertiary alicyclic amines) is 1. The van der Waals surface area contributed by atoms with Crippen LogP contribution in [-0.4, -0.2) is 62.0 Å². The summed E-state index contributed by atoms with van der Waals surface area (Å²) < 4.78 is 5.40. The summed E-state index contributed by atoms with van der Waals surface area (Å²) >= 11 is 0. The molecule has 0 aromatic carbocycles. The van der Waals surface area contributed by atoms with E-state index in [2.05, 4.69) is 10.2 Å². The second kappa shape index (κ2) is 6.33. The van der Waals surface area contributed by atoms with Gasteiger partial charge in [0, 0.05) is 25.7 Å². The van der Waals surface area contributed by atoms with Crippen molar-refractivity contribution in [3.05, 3.63) is 0 Å². The fourth-order valence-electron chi connectivity index (χ4n) is 3.71. The topological polar surface area (TPSA) is 44.7 Å². The maximum absolute atomic E-state index is 9.66. The van der Waals surface area contributed by atoms with Crippen LogP contribution in [0.4, 0.5) is 0 Å². The lowest BCUT2D eigenvalue weighted by atomic mass is 9.85. The lowest BCUT2D eigenvalue weighted by Gasteiger charge is -2.34. The molecule has 0 aromatic rings. The number of rotatable bonds is 6. The summed E-state index contributed by atoms with van der Waals surface area (Å²) in [7, 11) is 3.80. The number of aliphatic hydroxyl groups excluding tert-OH is 1. The molecular weight excluding hydrogens is 228 g/mol. The van der Waals surface area contributed by atoms with Gasteiger partial charge in [-0.2, -0.15) is 0 Å². The van der Waals surface area contributed by atoms with Gasteiger partial charge in [-0.15, -0.1) is 0 Å². The van der Waals surface area contributed by atoms with E-state index in [1.54, 1.807) is 0 Å². The Bertz CT molecular complexity index is 256. The van der Waals surface area contributed by atoms with E-state index >= 15 is 0 Å². The Labute approximate surface area is 111 Å². The molecule has 0 radical (unpaired) electrons. The highest BCUT2D eigenvalue weighted by Gasteiger charge is 2.41. The van der Waals surface area contributed by atoms with Crippen LogP contribution in [-0.2, 0) is 4.74 Å². The van der Waals surface area contributed by atoms with E-state index < -0.39 is 0 Å². The molecule has 0 spiro atoms. The second-order valence-corrected chi connectivity index (χ2v) is 5.89. The molecule has 2 N–H and O–H groups in total. The number of nitrogens with zero attached hydrogens (tertiary/aromatic N) is 1. The molecule has 3 atom stereocenters. The molecule has 4 nitrogen and oxygen atoms in total. The lowest BCUT2D eigenvalue weighted by molar-refractivity contribution is 0.101. The van der Waals surface area contributed by atoms with Crippen LogP contribution in [0.1, 0.15) is 32.1 Å². The molecule has 0 bridgehead atoms. The van der Waals surface area contributed by atoms with E-state index in [0.29, 0.717) is 12.0 Å². The fourth-order valence-corrected chi connectivity index (χ4v) is 3.71. The molecule has 106 valence electrons. The largest absolute Gasteiger partial charge is 0.394 e. The zero-order chi connectivity index (χ0) is 13.0. The SMILES string of the molecule is CNC1(CO)CCCC1CCN1CCC(OC)C1. The van der Waals surface area contributed by atoms with Crippen molar-refractivity contribution in [2.45, 2.75) is 43.7 Å². The Kier molecular flexibility index (Phi) is 5.01. The van der Waals surface area contributed by atoms with Crippen molar-refractivity contribution >= 4 is 0 Å². The van der Waals surface area contributed by atoms with E-state index in [9.17, 15) is 5.11 Å². The third kappa shape index (κ3) is 2.87. The van der Waals surface area contributed by atoms with Gasteiger partial charge in [-0.3, -0.25) is 0 Å². The van der Waals surface area contributed by atoms with E-state index in [1.807, 2.05) is 14.2 Å². The van der Waals surface area contributed by atoms with Crippen LogP contribution >= 0.6 is 0 Å². The molecule has 2 rings (SSSR count). The van der Waals surface area contributed by atoms with Gasteiger partial charge in [-0.25, -0.2) is 0 Å². The predicted octanol–water partition coefficient (Wildman–Crippen LogP) is 0.848. The van der Waals surface area contributed by atoms with Crippen LogP contribution in [0, 0.1) is 5.92 Å². The van der Waals surface area contributed by atoms with Gasteiger partial charge in [-0.1, -0.05) is 6.42 Å². The molecule has 3 unspecified atom stereocenters. The molecule has 0 aromatic heterocycles. The highest BCUT2D eigenvalue weighted by molar-refractivity contribution is 4.98. The van der Waals surface area contributed by atoms with Crippen molar-refractivity contribution in [2.24, 2.45) is 5.92 Å². The summed E-state index contributed by atoms with van der Waals surface area (Å²) in [5, 5.41) is 13.0. The minimum Gasteiger partial charge on any atom is -0.394 e. The van der Waals surface area contributed by atoms with Gasteiger partial charge in [0.15, 0.2) is 0 Å². The number of ether oxygens (including phenoxy) is 1. The second-order valence-electron chi connectivity index (χ2n) is 5.89. The van der Waals surface area contributed by atoms with E-state index in [4.69, 9.17) is 4.74 Å². The first kappa shape index (κ1) is 14.3. The summed E-state index contributed by atoms with van der Waals surface area (Å²) in [5.74, 6) is 0.620. The molecule has 1 aliphatic carbocycles. The quantitative estimate of drug-likeness (QED) is 0.739. The van der Waals surface area contributed by atoms with Crippen molar-refractivity contribution in [1.29, 1.82) is 0 Å². The zero-order valence-electron chi connectivity index (χ0n) is 11.8. The number of hydrogen-bond acceptors (Lipinski definition) is 4. The Balaban J connectivity index is 1.79. The molecule has 0 amide bonds. The first-order valence-corrected chi connectivity index (χ1v) is 7.29. The van der Waals surface area contributed by atoms with Crippen molar-refractivity contribution in [3.63, 3.8) is 0 Å². The summed E-state index contributed by atoms with van der Waals surface area (Å²) in [5.41, 5.74) is -0.0135. The molecule has 2 aliphatic rings. The van der Waals surface area contributed by atoms with Gasteiger partial charge in [0.05, 0.1) is 12.7 Å². The normalized spacial score (nSPS) is 37.5. The zero-order valence-corrected chi connectivity index (χ0v) is 11.8. The first-order valence-electron chi connectivity index (χ1n) is 7.29. The average molecular weight is 256 g/mol. The minimum atomic E-state index is -0.0135. The standard InChI is InChI=1S/C14H28N2O2/c1-15-14(11-17)7-3-4-12(14)5-8-16-9-6-13(10-16)18-2/h12-13,15,17H,3-11H2,1-2H3. The smallest absolute Gasteiger partial charge is 0.0710 e. The van der Waals surface area contributed by atoms with Crippen molar-refractivity contribution in [2.75, 3.05) is 40.4 Å². The summed E-state index contributed by atoms with van der Waals surface area (Å²) in [6.07, 6.45) is 6.40. The minimum absolute atomic E-state index is 0.0135. The molecular formula is C14H28N2O2. The summed E-state index contributed by atoms with van der Waals surface area (Å²) in [6.45, 7) is 3.66. The maximum atomic E-state index is 9.66. The molecule has 1 heterocycles. The Morgan fingerprint density at radius 2 is 2.28 bits per heavy atom. The summed E-state index contributed by atoms with van der Waals surface area (Å²) in [4.78, 5) is 2.50. The van der Waals surface area contributed by atoms with Gasteiger partial charge in [0.25, 0.3) is 0 Å². The monoisotopic (exact) mass is 256 g/mol. The van der Waals surface area contributed by atoms with Gasteiger partial charge in [0.2, 0.25) is 0 Å². The lowest BCUT2D eigenvalue weighted by Crippen LogP contribution is -2.50. The van der Waals surface area contributed by atoms with E-state index in [-0.39, 0.29) is 12.1 Å². The average Bonchev–Trinajstić information content (AvgIpc) is 3.03. The molecule has 1 aliphatic heterocycles. The number of likely N-dealkylation sites (N-methyl/N-ethyl adjacent to an activating group) is 1. The Morgan fingerprint density at radius 3 is 2.89 bits per heavy atom. The number of nitrogens with one attached hydrogen (secondary N) is 1. The van der Waals surface area contributed by atoms with Crippen molar-refractivity contribution in [1.82, 2.24) is 10.2 Å². The number of methoxy groups -OCH3 is 1. The molecule has 1 saturated heterocycles. The van der Waals surface area contributed by atoms with Crippen molar-refractivity contribution in [3.8, 4) is 0 Å². The van der Waals surface area contributed by atoms with Crippen LogP contribution in [0.25, 0.3) is 0 Å². The molecule has 2 fully saturated rings. The predicted molar refractivity (Wildman–Crippen MR) is 72.7 cm³/mol. The van der Waals surface area contributed by atoms with Gasteiger partial charge in [-0.05, 0) is 45.2 Å². The number of aliphatic hydroxyl groups is 1. The summed E-state index contributed by atoms with van der Waals surface area (Å²) in [6, 6.07) is 0. The van der Waals surface area contributed by atoms with Crippen molar-refractivity contribution < 1.29 is 9.84 Å². The van der Waals surface area contributed by atoms with Crippen LogP contribution in [0.3, 0.4) is 0 Å². The molecule has 1 saturated carbocycles. The Hall–Kier alpha value is -0.160. The van der Waals surface area contributed by atoms with E-state index in [1.165, 1.54) is 25.7 Å².